The number of fused-ring (bicyclic) bond motifs is 3. The Morgan fingerprint density at radius 3 is 2.67 bits per heavy atom. The number of nitrogens with zero attached hydrogens (tertiary/aromatic N) is 1. The number of hydrogen-bond acceptors (Lipinski definition) is 0. The predicted octanol–water partition coefficient (Wildman–Crippen LogP) is 3.65. The van der Waals surface area contributed by atoms with Crippen LogP contribution in [-0.4, -0.2) is 4.40 Å². The molecule has 1 aromatic carbocycles. The molecule has 0 unspecified atom stereocenters. The molecule has 0 saturated carbocycles. The summed E-state index contributed by atoms with van der Waals surface area (Å²) >= 11 is 0. The van der Waals surface area contributed by atoms with Gasteiger partial charge < -0.3 is 4.40 Å². The Bertz CT molecular complexity index is 619. The number of benzene rings is 1. The quantitative estimate of drug-likeness (QED) is 0.558. The molecule has 0 amide bonds. The van der Waals surface area contributed by atoms with Gasteiger partial charge in [-0.05, 0) is 29.5 Å². The fourth-order valence-corrected chi connectivity index (χ4v) is 2.23. The predicted molar refractivity (Wildman–Crippen MR) is 64.3 cm³/mol. The maximum atomic E-state index is 2.21. The van der Waals surface area contributed by atoms with Crippen molar-refractivity contribution in [3.05, 3.63) is 54.4 Å². The summed E-state index contributed by atoms with van der Waals surface area (Å²) in [6.07, 6.45) is 5.36. The molecular weight excluding hydrogens is 182 g/mol. The first-order valence-electron chi connectivity index (χ1n) is 5.37. The van der Waals surface area contributed by atoms with Crippen molar-refractivity contribution in [3.8, 4) is 0 Å². The standard InChI is InChI=1S/C14H13N/c1-2-11-7-9-15-10-8-12-5-3-4-6-13(12)14(11)15/h3-10H,2H2,1H3. The molecule has 3 aromatic rings. The van der Waals surface area contributed by atoms with Crippen LogP contribution in [0.3, 0.4) is 0 Å². The average Bonchev–Trinajstić information content (AvgIpc) is 2.72. The molecule has 0 radical (unpaired) electrons. The first kappa shape index (κ1) is 8.54. The highest BCUT2D eigenvalue weighted by molar-refractivity contribution is 5.97. The molecule has 2 heterocycles. The van der Waals surface area contributed by atoms with Crippen LogP contribution in [0.5, 0.6) is 0 Å². The third kappa shape index (κ3) is 1.16. The lowest BCUT2D eigenvalue weighted by Gasteiger charge is -2.03. The van der Waals surface area contributed by atoms with E-state index in [9.17, 15) is 0 Å². The lowest BCUT2D eigenvalue weighted by atomic mass is 10.1. The van der Waals surface area contributed by atoms with E-state index in [0.717, 1.165) is 6.42 Å². The van der Waals surface area contributed by atoms with Crippen LogP contribution in [0.4, 0.5) is 0 Å². The van der Waals surface area contributed by atoms with E-state index in [2.05, 4.69) is 60.1 Å². The topological polar surface area (TPSA) is 4.41 Å². The van der Waals surface area contributed by atoms with E-state index in [-0.39, 0.29) is 0 Å². The molecule has 15 heavy (non-hydrogen) atoms. The van der Waals surface area contributed by atoms with Crippen molar-refractivity contribution in [2.24, 2.45) is 0 Å². The molecule has 3 rings (SSSR count). The van der Waals surface area contributed by atoms with Gasteiger partial charge in [-0.25, -0.2) is 0 Å². The fourth-order valence-electron chi connectivity index (χ4n) is 2.23. The zero-order valence-electron chi connectivity index (χ0n) is 8.77. The van der Waals surface area contributed by atoms with Gasteiger partial charge in [-0.3, -0.25) is 0 Å². The zero-order chi connectivity index (χ0) is 10.3. The monoisotopic (exact) mass is 195 g/mol. The molecule has 74 valence electrons. The van der Waals surface area contributed by atoms with Crippen LogP contribution in [0.1, 0.15) is 12.5 Å². The van der Waals surface area contributed by atoms with E-state index >= 15 is 0 Å². The molecule has 1 nitrogen and oxygen atoms in total. The number of aryl methyl sites for hydroxylation is 1. The summed E-state index contributed by atoms with van der Waals surface area (Å²) in [5, 5.41) is 2.67. The molecule has 1 heteroatoms. The van der Waals surface area contributed by atoms with Crippen molar-refractivity contribution in [1.82, 2.24) is 4.40 Å². The summed E-state index contributed by atoms with van der Waals surface area (Å²) in [7, 11) is 0. The summed E-state index contributed by atoms with van der Waals surface area (Å²) in [4.78, 5) is 0. The Kier molecular flexibility index (Phi) is 1.78. The molecule has 0 fully saturated rings. The first-order chi connectivity index (χ1) is 7.40. The molecule has 0 N–H and O–H groups in total. The Hall–Kier alpha value is -1.76. The van der Waals surface area contributed by atoms with E-state index < -0.39 is 0 Å². The van der Waals surface area contributed by atoms with Gasteiger partial charge in [-0.15, -0.1) is 0 Å². The highest BCUT2D eigenvalue weighted by Crippen LogP contribution is 2.23. The van der Waals surface area contributed by atoms with Gasteiger partial charge in [0, 0.05) is 17.8 Å². The van der Waals surface area contributed by atoms with Gasteiger partial charge in [0.1, 0.15) is 0 Å². The normalized spacial score (nSPS) is 11.3. The summed E-state index contributed by atoms with van der Waals surface area (Å²) < 4.78 is 2.21. The van der Waals surface area contributed by atoms with Crippen molar-refractivity contribution in [3.63, 3.8) is 0 Å². The van der Waals surface area contributed by atoms with Crippen molar-refractivity contribution in [2.75, 3.05) is 0 Å². The van der Waals surface area contributed by atoms with Crippen LogP contribution in [0.25, 0.3) is 16.3 Å². The molecule has 0 saturated heterocycles. The Morgan fingerprint density at radius 2 is 1.80 bits per heavy atom. The minimum atomic E-state index is 1.09. The van der Waals surface area contributed by atoms with Crippen LogP contribution in [0.15, 0.2) is 48.8 Å². The van der Waals surface area contributed by atoms with Crippen LogP contribution in [0.2, 0.25) is 0 Å². The van der Waals surface area contributed by atoms with E-state index in [1.54, 1.807) is 0 Å². The zero-order valence-corrected chi connectivity index (χ0v) is 8.77. The Labute approximate surface area is 89.0 Å². The van der Waals surface area contributed by atoms with Gasteiger partial charge in [0.2, 0.25) is 0 Å². The van der Waals surface area contributed by atoms with Gasteiger partial charge in [0.05, 0.1) is 5.52 Å². The SMILES string of the molecule is CCc1ccn2ccc3ccccc3c12. The van der Waals surface area contributed by atoms with Gasteiger partial charge in [-0.1, -0.05) is 31.2 Å². The minimum absolute atomic E-state index is 1.09. The number of hydrogen-bond donors (Lipinski definition) is 0. The summed E-state index contributed by atoms with van der Waals surface area (Å²) in [6, 6.07) is 12.9. The minimum Gasteiger partial charge on any atom is -0.323 e. The van der Waals surface area contributed by atoms with E-state index in [4.69, 9.17) is 0 Å². The molecule has 0 aliphatic carbocycles. The van der Waals surface area contributed by atoms with Gasteiger partial charge in [-0.2, -0.15) is 0 Å². The Balaban J connectivity index is 2.56. The third-order valence-corrected chi connectivity index (χ3v) is 3.01. The summed E-state index contributed by atoms with van der Waals surface area (Å²) in [6.45, 7) is 2.21. The maximum absolute atomic E-state index is 2.21. The molecule has 0 spiro atoms. The number of aromatic nitrogens is 1. The second kappa shape index (κ2) is 3.13. The largest absolute Gasteiger partial charge is 0.323 e. The second-order valence-corrected chi connectivity index (χ2v) is 3.85. The fraction of sp³-hybridized carbons (Fsp3) is 0.143. The van der Waals surface area contributed by atoms with Crippen LogP contribution < -0.4 is 0 Å². The first-order valence-corrected chi connectivity index (χ1v) is 5.37. The van der Waals surface area contributed by atoms with E-state index in [0.29, 0.717) is 0 Å². The molecule has 0 aliphatic rings. The average molecular weight is 195 g/mol. The molecule has 0 bridgehead atoms. The van der Waals surface area contributed by atoms with E-state index in [1.807, 2.05) is 0 Å². The Morgan fingerprint density at radius 1 is 1.00 bits per heavy atom. The van der Waals surface area contributed by atoms with Crippen molar-refractivity contribution in [2.45, 2.75) is 13.3 Å². The molecule has 0 aliphatic heterocycles. The molecule has 0 atom stereocenters. The highest BCUT2D eigenvalue weighted by Gasteiger charge is 2.04. The second-order valence-electron chi connectivity index (χ2n) is 3.85. The van der Waals surface area contributed by atoms with Gasteiger partial charge >= 0.3 is 0 Å². The molecular formula is C14H13N. The summed E-state index contributed by atoms with van der Waals surface area (Å²) in [5.74, 6) is 0. The van der Waals surface area contributed by atoms with Crippen molar-refractivity contribution in [1.29, 1.82) is 0 Å². The van der Waals surface area contributed by atoms with Gasteiger partial charge in [0.15, 0.2) is 0 Å². The highest BCUT2D eigenvalue weighted by atomic mass is 14.9. The van der Waals surface area contributed by atoms with Gasteiger partial charge in [0.25, 0.3) is 0 Å². The smallest absolute Gasteiger partial charge is 0.0560 e. The number of rotatable bonds is 1. The van der Waals surface area contributed by atoms with Crippen molar-refractivity contribution < 1.29 is 0 Å². The van der Waals surface area contributed by atoms with Crippen LogP contribution in [0, 0.1) is 0 Å². The number of pyridine rings is 1. The lowest BCUT2D eigenvalue weighted by molar-refractivity contribution is 1.15. The van der Waals surface area contributed by atoms with E-state index in [1.165, 1.54) is 21.9 Å². The lowest BCUT2D eigenvalue weighted by Crippen LogP contribution is -1.85. The maximum Gasteiger partial charge on any atom is 0.0560 e. The van der Waals surface area contributed by atoms with Crippen LogP contribution >= 0.6 is 0 Å². The third-order valence-electron chi connectivity index (χ3n) is 3.01. The molecule has 2 aromatic heterocycles. The van der Waals surface area contributed by atoms with Crippen LogP contribution in [-0.2, 0) is 6.42 Å². The van der Waals surface area contributed by atoms with Crippen molar-refractivity contribution >= 4 is 16.3 Å². The summed E-state index contributed by atoms with van der Waals surface area (Å²) in [5.41, 5.74) is 2.78.